The van der Waals surface area contributed by atoms with Gasteiger partial charge in [0, 0.05) is 11.3 Å². The van der Waals surface area contributed by atoms with Crippen molar-refractivity contribution in [3.05, 3.63) is 0 Å². The fraction of sp³-hybridized carbons (Fsp3) is 0.714. The molecule has 31 heavy (non-hydrogen) atoms. The van der Waals surface area contributed by atoms with Crippen LogP contribution in [0.3, 0.4) is 0 Å². The van der Waals surface area contributed by atoms with Crippen molar-refractivity contribution in [3.8, 4) is 0 Å². The van der Waals surface area contributed by atoms with Crippen LogP contribution in [0.1, 0.15) is 34.6 Å². The van der Waals surface area contributed by atoms with E-state index in [-0.39, 0.29) is 26.4 Å². The van der Waals surface area contributed by atoms with E-state index in [9.17, 15) is 28.8 Å². The summed E-state index contributed by atoms with van der Waals surface area (Å²) in [6, 6.07) is 0. The third-order valence-electron chi connectivity index (χ3n) is 5.99. The molecule has 172 valence electrons. The van der Waals surface area contributed by atoms with Crippen molar-refractivity contribution < 1.29 is 47.7 Å². The quantitative estimate of drug-likeness (QED) is 0.298. The number of Topliss-reactive ketones (excluding diaryl/α,β-unsaturated/α-hetero) is 2. The molecule has 2 fully saturated rings. The lowest BCUT2D eigenvalue weighted by Crippen LogP contribution is -2.44. The zero-order chi connectivity index (χ0) is 23.5. The Morgan fingerprint density at radius 3 is 1.23 bits per heavy atom. The van der Waals surface area contributed by atoms with Gasteiger partial charge in [-0.3, -0.25) is 28.8 Å². The first-order valence-corrected chi connectivity index (χ1v) is 10.4. The molecule has 0 aromatic heterocycles. The summed E-state index contributed by atoms with van der Waals surface area (Å²) in [4.78, 5) is 77.6. The molecule has 0 spiro atoms. The summed E-state index contributed by atoms with van der Waals surface area (Å²) in [6.07, 6.45) is 0. The number of hydrogen-bond donors (Lipinski definition) is 0. The van der Waals surface area contributed by atoms with Crippen LogP contribution in [0.15, 0.2) is 0 Å². The molecule has 0 aliphatic heterocycles. The predicted octanol–water partition coefficient (Wildman–Crippen LogP) is 0.492. The number of esters is 4. The summed E-state index contributed by atoms with van der Waals surface area (Å²) in [6.45, 7) is 7.25. The maximum absolute atomic E-state index is 13.3. The summed E-state index contributed by atoms with van der Waals surface area (Å²) in [7, 11) is 0. The van der Waals surface area contributed by atoms with Crippen LogP contribution in [-0.2, 0) is 47.7 Å². The lowest BCUT2D eigenvalue weighted by atomic mass is 9.68. The smallest absolute Gasteiger partial charge is 0.317 e. The van der Waals surface area contributed by atoms with Crippen molar-refractivity contribution in [2.24, 2.45) is 35.0 Å². The summed E-state index contributed by atoms with van der Waals surface area (Å²) >= 11 is 0. The zero-order valence-corrected chi connectivity index (χ0v) is 18.3. The second-order valence-electron chi connectivity index (χ2n) is 7.53. The van der Waals surface area contributed by atoms with Crippen molar-refractivity contribution in [2.45, 2.75) is 34.6 Å². The van der Waals surface area contributed by atoms with Gasteiger partial charge in [0.1, 0.15) is 23.7 Å². The average Bonchev–Trinajstić information content (AvgIpc) is 3.03. The van der Waals surface area contributed by atoms with Crippen LogP contribution in [0.5, 0.6) is 0 Å². The minimum atomic E-state index is -1.72. The van der Waals surface area contributed by atoms with Crippen LogP contribution in [-0.4, -0.2) is 61.9 Å². The molecular formula is C21H28O10. The van der Waals surface area contributed by atoms with Crippen molar-refractivity contribution >= 4 is 35.4 Å². The van der Waals surface area contributed by atoms with Gasteiger partial charge in [-0.25, -0.2) is 0 Å². The number of fused-ring (bicyclic) bond motifs is 1. The maximum atomic E-state index is 13.3. The largest absolute Gasteiger partial charge is 0.465 e. The van der Waals surface area contributed by atoms with Crippen LogP contribution in [0, 0.1) is 35.0 Å². The Bertz CT molecular complexity index is 725. The van der Waals surface area contributed by atoms with Gasteiger partial charge in [-0.2, -0.15) is 0 Å². The average molecular weight is 440 g/mol. The number of carbonyl (C=O) groups excluding carboxylic acids is 6. The summed E-state index contributed by atoms with van der Waals surface area (Å²) in [5, 5.41) is 0. The van der Waals surface area contributed by atoms with Crippen LogP contribution in [0.25, 0.3) is 0 Å². The molecule has 2 saturated carbocycles. The molecule has 0 aromatic rings. The summed E-state index contributed by atoms with van der Waals surface area (Å²) in [5.41, 5.74) is -1.72. The highest BCUT2D eigenvalue weighted by atomic mass is 16.5. The molecule has 2 aliphatic rings. The SMILES string of the molecule is CCOC(=O)[C@@H]1C(=O)[C@@H](C(=O)OCC)C2(C)C1[C@H](C(=O)OCC)C(=O)[C@@H]2C(=O)OCC. The number of hydrogen-bond acceptors (Lipinski definition) is 10. The van der Waals surface area contributed by atoms with Crippen LogP contribution in [0.2, 0.25) is 0 Å². The summed E-state index contributed by atoms with van der Waals surface area (Å²) in [5.74, 6) is -13.3. The van der Waals surface area contributed by atoms with Gasteiger partial charge in [-0.1, -0.05) is 6.92 Å². The van der Waals surface area contributed by atoms with E-state index in [1.807, 2.05) is 0 Å². The van der Waals surface area contributed by atoms with E-state index in [1.165, 1.54) is 34.6 Å². The van der Waals surface area contributed by atoms with E-state index in [1.54, 1.807) is 0 Å². The van der Waals surface area contributed by atoms with Gasteiger partial charge in [0.2, 0.25) is 0 Å². The first-order chi connectivity index (χ1) is 14.6. The highest BCUT2D eigenvalue weighted by Crippen LogP contribution is 2.62. The van der Waals surface area contributed by atoms with E-state index in [0.717, 1.165) is 0 Å². The van der Waals surface area contributed by atoms with E-state index in [0.29, 0.717) is 0 Å². The van der Waals surface area contributed by atoms with Crippen molar-refractivity contribution in [1.82, 2.24) is 0 Å². The molecule has 2 aliphatic carbocycles. The Morgan fingerprint density at radius 2 is 0.935 bits per heavy atom. The Labute approximate surface area is 179 Å². The summed E-state index contributed by atoms with van der Waals surface area (Å²) < 4.78 is 20.1. The van der Waals surface area contributed by atoms with E-state index < -0.39 is 70.4 Å². The van der Waals surface area contributed by atoms with E-state index >= 15 is 0 Å². The number of ether oxygens (including phenoxy) is 4. The number of rotatable bonds is 8. The maximum Gasteiger partial charge on any atom is 0.317 e. The highest BCUT2D eigenvalue weighted by Gasteiger charge is 2.77. The normalized spacial score (nSPS) is 31.7. The van der Waals surface area contributed by atoms with Crippen LogP contribution in [0.4, 0.5) is 0 Å². The molecule has 0 aromatic carbocycles. The minimum Gasteiger partial charge on any atom is -0.465 e. The van der Waals surface area contributed by atoms with Crippen molar-refractivity contribution in [1.29, 1.82) is 0 Å². The fourth-order valence-corrected chi connectivity index (χ4v) is 4.97. The van der Waals surface area contributed by atoms with Gasteiger partial charge in [0.15, 0.2) is 11.6 Å². The van der Waals surface area contributed by atoms with E-state index in [4.69, 9.17) is 18.9 Å². The highest BCUT2D eigenvalue weighted by molar-refractivity contribution is 6.19. The Kier molecular flexibility index (Phi) is 7.56. The molecule has 6 atom stereocenters. The first kappa shape index (κ1) is 24.5. The van der Waals surface area contributed by atoms with Crippen molar-refractivity contribution in [3.63, 3.8) is 0 Å². The Hall–Kier alpha value is -2.78. The fourth-order valence-electron chi connectivity index (χ4n) is 4.97. The standard InChI is InChI=1S/C21H28O10/c1-6-28-17(24)10-12-11(18(25)29-7-2)16(23)14(20(27)31-9-4)21(12,5)13(15(10)22)19(26)30-8-3/h10-14H,6-9H2,1-5H3/t10-,11-,12?,13-,14+,21?/m0/s1. The van der Waals surface area contributed by atoms with Gasteiger partial charge in [-0.15, -0.1) is 0 Å². The second-order valence-corrected chi connectivity index (χ2v) is 7.53. The molecule has 0 heterocycles. The minimum absolute atomic E-state index is 0.0601. The van der Waals surface area contributed by atoms with Gasteiger partial charge >= 0.3 is 23.9 Å². The van der Waals surface area contributed by atoms with Gasteiger partial charge < -0.3 is 18.9 Å². The lowest BCUT2D eigenvalue weighted by molar-refractivity contribution is -0.162. The molecule has 2 unspecified atom stereocenters. The molecular weight excluding hydrogens is 412 g/mol. The number of carbonyl (C=O) groups is 6. The molecule has 0 saturated heterocycles. The third-order valence-corrected chi connectivity index (χ3v) is 5.99. The number of ketones is 2. The van der Waals surface area contributed by atoms with Gasteiger partial charge in [0.25, 0.3) is 0 Å². The van der Waals surface area contributed by atoms with Crippen LogP contribution < -0.4 is 0 Å². The molecule has 10 heteroatoms. The zero-order valence-electron chi connectivity index (χ0n) is 18.3. The second kappa shape index (κ2) is 9.57. The monoisotopic (exact) mass is 440 g/mol. The first-order valence-electron chi connectivity index (χ1n) is 10.4. The van der Waals surface area contributed by atoms with E-state index in [2.05, 4.69) is 0 Å². The molecule has 0 bridgehead atoms. The topological polar surface area (TPSA) is 139 Å². The molecule has 10 nitrogen and oxygen atoms in total. The van der Waals surface area contributed by atoms with Gasteiger partial charge in [-0.05, 0) is 27.7 Å². The van der Waals surface area contributed by atoms with Crippen molar-refractivity contribution in [2.75, 3.05) is 26.4 Å². The molecule has 0 N–H and O–H groups in total. The molecule has 0 radical (unpaired) electrons. The molecule has 2 rings (SSSR count). The van der Waals surface area contributed by atoms with Gasteiger partial charge in [0.05, 0.1) is 26.4 Å². The predicted molar refractivity (Wildman–Crippen MR) is 102 cm³/mol. The molecule has 0 amide bonds. The Balaban J connectivity index is 2.74. The van der Waals surface area contributed by atoms with Crippen LogP contribution >= 0.6 is 0 Å². The third kappa shape index (κ3) is 3.83. The Morgan fingerprint density at radius 1 is 0.645 bits per heavy atom. The lowest BCUT2D eigenvalue weighted by Gasteiger charge is -2.33.